The summed E-state index contributed by atoms with van der Waals surface area (Å²) < 4.78 is 0. The van der Waals surface area contributed by atoms with E-state index in [4.69, 9.17) is 5.11 Å². The quantitative estimate of drug-likeness (QED) is 0.522. The molecule has 60 valence electrons. The fourth-order valence-electron chi connectivity index (χ4n) is 1.93. The third-order valence-electron chi connectivity index (χ3n) is 2.57. The number of hydrogen-bond donors (Lipinski definition) is 2. The number of rotatable bonds is 1. The molecule has 1 heterocycles. The van der Waals surface area contributed by atoms with Gasteiger partial charge in [-0.2, -0.15) is 0 Å². The third kappa shape index (κ3) is 0.790. The minimum atomic E-state index is -0.898. The minimum Gasteiger partial charge on any atom is -0.480 e. The summed E-state index contributed by atoms with van der Waals surface area (Å²) in [6.07, 6.45) is 0.571. The Morgan fingerprint density at radius 3 is 2.82 bits per heavy atom. The van der Waals surface area contributed by atoms with E-state index in [2.05, 4.69) is 5.32 Å². The number of carboxylic acids is 1. The molecular weight excluding hydrogens is 146 g/mol. The molecule has 1 saturated heterocycles. The van der Waals surface area contributed by atoms with E-state index in [-0.39, 0.29) is 11.7 Å². The molecule has 1 saturated carbocycles. The SMILES string of the molecule is O=C1C[C@@H]2CN[C@@H](C(=O)O)[C@H]12. The maximum Gasteiger partial charge on any atom is 0.321 e. The number of nitrogens with one attached hydrogen (secondary N) is 1. The summed E-state index contributed by atoms with van der Waals surface area (Å²) in [5.74, 6) is -0.728. The standard InChI is InChI=1S/C7H9NO3/c9-4-1-3-2-8-6(5(3)4)7(10)11/h3,5-6,8H,1-2H2,(H,10,11)/t3-,5+,6-/m1/s1. The normalized spacial score (nSPS) is 41.5. The van der Waals surface area contributed by atoms with Crippen molar-refractivity contribution >= 4 is 11.8 Å². The van der Waals surface area contributed by atoms with E-state index in [0.717, 1.165) is 0 Å². The second-order valence-corrected chi connectivity index (χ2v) is 3.18. The van der Waals surface area contributed by atoms with Gasteiger partial charge in [-0.1, -0.05) is 0 Å². The molecule has 2 N–H and O–H groups in total. The van der Waals surface area contributed by atoms with Crippen molar-refractivity contribution in [2.24, 2.45) is 11.8 Å². The summed E-state index contributed by atoms with van der Waals surface area (Å²) in [6.45, 7) is 0.688. The van der Waals surface area contributed by atoms with E-state index in [1.807, 2.05) is 0 Å². The Hall–Kier alpha value is -0.900. The van der Waals surface area contributed by atoms with Gasteiger partial charge >= 0.3 is 5.97 Å². The maximum absolute atomic E-state index is 10.9. The highest BCUT2D eigenvalue weighted by Crippen LogP contribution is 2.37. The van der Waals surface area contributed by atoms with Gasteiger partial charge in [0.1, 0.15) is 11.8 Å². The summed E-state index contributed by atoms with van der Waals surface area (Å²) in [5.41, 5.74) is 0. The van der Waals surface area contributed by atoms with E-state index in [1.54, 1.807) is 0 Å². The Labute approximate surface area is 63.6 Å². The van der Waals surface area contributed by atoms with Gasteiger partial charge in [-0.05, 0) is 12.5 Å². The monoisotopic (exact) mass is 155 g/mol. The summed E-state index contributed by atoms with van der Waals surface area (Å²) in [6, 6.07) is -0.610. The van der Waals surface area contributed by atoms with Gasteiger partial charge in [0, 0.05) is 12.3 Å². The zero-order valence-corrected chi connectivity index (χ0v) is 5.91. The first kappa shape index (κ1) is 6.79. The van der Waals surface area contributed by atoms with Crippen LogP contribution in [0.3, 0.4) is 0 Å². The van der Waals surface area contributed by atoms with Gasteiger partial charge < -0.3 is 10.4 Å². The number of aliphatic carboxylic acids is 1. The Kier molecular flexibility index (Phi) is 1.26. The fraction of sp³-hybridized carbons (Fsp3) is 0.714. The number of ketones is 1. The molecule has 0 amide bonds. The van der Waals surface area contributed by atoms with Gasteiger partial charge in [0.2, 0.25) is 0 Å². The molecule has 0 radical (unpaired) electrons. The van der Waals surface area contributed by atoms with E-state index >= 15 is 0 Å². The molecule has 2 rings (SSSR count). The van der Waals surface area contributed by atoms with Gasteiger partial charge in [-0.15, -0.1) is 0 Å². The van der Waals surface area contributed by atoms with Crippen LogP contribution in [0.4, 0.5) is 0 Å². The van der Waals surface area contributed by atoms with Crippen molar-refractivity contribution in [2.75, 3.05) is 6.54 Å². The molecule has 0 spiro atoms. The second-order valence-electron chi connectivity index (χ2n) is 3.18. The lowest BCUT2D eigenvalue weighted by Crippen LogP contribution is -2.44. The van der Waals surface area contributed by atoms with Crippen molar-refractivity contribution in [3.63, 3.8) is 0 Å². The zero-order chi connectivity index (χ0) is 8.01. The topological polar surface area (TPSA) is 66.4 Å². The first-order chi connectivity index (χ1) is 5.20. The van der Waals surface area contributed by atoms with Crippen molar-refractivity contribution in [2.45, 2.75) is 12.5 Å². The average Bonchev–Trinajstić information content (AvgIpc) is 2.25. The molecule has 1 aliphatic heterocycles. The highest BCUT2D eigenvalue weighted by atomic mass is 16.4. The van der Waals surface area contributed by atoms with E-state index in [9.17, 15) is 9.59 Å². The molecule has 0 aromatic carbocycles. The lowest BCUT2D eigenvalue weighted by molar-refractivity contribution is -0.146. The first-order valence-corrected chi connectivity index (χ1v) is 3.69. The minimum absolute atomic E-state index is 0.104. The van der Waals surface area contributed by atoms with Gasteiger partial charge in [0.25, 0.3) is 0 Å². The lowest BCUT2D eigenvalue weighted by Gasteiger charge is -2.29. The number of Topliss-reactive ketones (excluding diaryl/α,β-unsaturated/α-hetero) is 1. The molecule has 2 aliphatic rings. The Morgan fingerprint density at radius 2 is 2.36 bits per heavy atom. The van der Waals surface area contributed by atoms with E-state index < -0.39 is 12.0 Å². The van der Waals surface area contributed by atoms with Crippen LogP contribution in [0.5, 0.6) is 0 Å². The van der Waals surface area contributed by atoms with Crippen LogP contribution in [0.25, 0.3) is 0 Å². The van der Waals surface area contributed by atoms with Crippen LogP contribution in [0.2, 0.25) is 0 Å². The van der Waals surface area contributed by atoms with E-state index in [1.165, 1.54) is 0 Å². The summed E-state index contributed by atoms with van der Waals surface area (Å²) in [5, 5.41) is 11.5. The molecule has 4 nitrogen and oxygen atoms in total. The van der Waals surface area contributed by atoms with Gasteiger partial charge in [0.15, 0.2) is 0 Å². The summed E-state index contributed by atoms with van der Waals surface area (Å²) in [4.78, 5) is 21.4. The maximum atomic E-state index is 10.9. The first-order valence-electron chi connectivity index (χ1n) is 3.69. The van der Waals surface area contributed by atoms with Gasteiger partial charge in [-0.25, -0.2) is 0 Å². The zero-order valence-electron chi connectivity index (χ0n) is 5.91. The lowest BCUT2D eigenvalue weighted by atomic mass is 9.72. The smallest absolute Gasteiger partial charge is 0.321 e. The number of hydrogen-bond acceptors (Lipinski definition) is 3. The van der Waals surface area contributed by atoms with Crippen LogP contribution in [0.15, 0.2) is 0 Å². The van der Waals surface area contributed by atoms with Crippen molar-refractivity contribution in [1.82, 2.24) is 5.32 Å². The van der Waals surface area contributed by atoms with Crippen molar-refractivity contribution in [1.29, 1.82) is 0 Å². The number of carbonyl (C=O) groups is 2. The Bertz CT molecular complexity index is 218. The fourth-order valence-corrected chi connectivity index (χ4v) is 1.93. The molecule has 2 fully saturated rings. The highest BCUT2D eigenvalue weighted by Gasteiger charge is 2.51. The van der Waals surface area contributed by atoms with Crippen LogP contribution in [-0.2, 0) is 9.59 Å². The third-order valence-corrected chi connectivity index (χ3v) is 2.57. The molecule has 1 aliphatic carbocycles. The van der Waals surface area contributed by atoms with Crippen molar-refractivity contribution in [3.05, 3.63) is 0 Å². The van der Waals surface area contributed by atoms with Crippen molar-refractivity contribution < 1.29 is 14.7 Å². The van der Waals surface area contributed by atoms with Gasteiger partial charge in [0.05, 0.1) is 0 Å². The molecule has 0 aromatic heterocycles. The highest BCUT2D eigenvalue weighted by molar-refractivity contribution is 5.94. The molecule has 11 heavy (non-hydrogen) atoms. The van der Waals surface area contributed by atoms with Gasteiger partial charge in [-0.3, -0.25) is 9.59 Å². The predicted molar refractivity (Wildman–Crippen MR) is 36.0 cm³/mol. The molecular formula is C7H9NO3. The molecule has 0 unspecified atom stereocenters. The Balaban J connectivity index is 2.14. The van der Waals surface area contributed by atoms with Crippen LogP contribution in [0, 0.1) is 11.8 Å². The summed E-state index contributed by atoms with van der Waals surface area (Å²) >= 11 is 0. The van der Waals surface area contributed by atoms with Crippen molar-refractivity contribution in [3.8, 4) is 0 Å². The second kappa shape index (κ2) is 2.04. The van der Waals surface area contributed by atoms with Crippen LogP contribution < -0.4 is 5.32 Å². The molecule has 3 atom stereocenters. The largest absolute Gasteiger partial charge is 0.480 e. The molecule has 0 bridgehead atoms. The molecule has 0 aromatic rings. The number of fused-ring (bicyclic) bond motifs is 1. The van der Waals surface area contributed by atoms with E-state index in [0.29, 0.717) is 18.9 Å². The van der Waals surface area contributed by atoms with Crippen LogP contribution >= 0.6 is 0 Å². The van der Waals surface area contributed by atoms with Crippen LogP contribution in [0.1, 0.15) is 6.42 Å². The Morgan fingerprint density at radius 1 is 1.64 bits per heavy atom. The number of carbonyl (C=O) groups excluding carboxylic acids is 1. The molecule has 4 heteroatoms. The summed E-state index contributed by atoms with van der Waals surface area (Å²) in [7, 11) is 0. The average molecular weight is 155 g/mol. The van der Waals surface area contributed by atoms with Crippen LogP contribution in [-0.4, -0.2) is 29.4 Å². The number of carboxylic acid groups (broad SMARTS) is 1. The predicted octanol–water partition coefficient (Wildman–Crippen LogP) is -0.752.